The van der Waals surface area contributed by atoms with Crippen LogP contribution in [0.2, 0.25) is 0 Å². The zero-order valence-electron chi connectivity index (χ0n) is 11.6. The molecule has 2 aliphatic rings. The summed E-state index contributed by atoms with van der Waals surface area (Å²) in [7, 11) is 0. The van der Waals surface area contributed by atoms with Gasteiger partial charge in [0.05, 0.1) is 5.60 Å². The summed E-state index contributed by atoms with van der Waals surface area (Å²) in [6, 6.07) is 0.294. The fraction of sp³-hybridized carbons (Fsp3) is 0.929. The SMILES string of the molecule is CC1(C)CC(NC(=O)CC2CCNCC2)CCO1. The molecule has 4 heteroatoms. The molecule has 0 aromatic rings. The van der Waals surface area contributed by atoms with Crippen molar-refractivity contribution in [3.05, 3.63) is 0 Å². The van der Waals surface area contributed by atoms with Crippen molar-refractivity contribution in [1.82, 2.24) is 10.6 Å². The quantitative estimate of drug-likeness (QED) is 0.801. The molecule has 2 fully saturated rings. The molecule has 0 bridgehead atoms. The van der Waals surface area contributed by atoms with Crippen molar-refractivity contribution in [2.75, 3.05) is 19.7 Å². The maximum Gasteiger partial charge on any atom is 0.220 e. The van der Waals surface area contributed by atoms with Crippen molar-refractivity contribution in [2.24, 2.45) is 5.92 Å². The molecule has 2 saturated heterocycles. The van der Waals surface area contributed by atoms with E-state index in [1.54, 1.807) is 0 Å². The van der Waals surface area contributed by atoms with Gasteiger partial charge >= 0.3 is 0 Å². The van der Waals surface area contributed by atoms with Crippen molar-refractivity contribution < 1.29 is 9.53 Å². The lowest BCUT2D eigenvalue weighted by Gasteiger charge is -2.36. The highest BCUT2D eigenvalue weighted by molar-refractivity contribution is 5.76. The number of hydrogen-bond acceptors (Lipinski definition) is 3. The summed E-state index contributed by atoms with van der Waals surface area (Å²) in [6.45, 7) is 7.06. The lowest BCUT2D eigenvalue weighted by atomic mass is 9.92. The zero-order chi connectivity index (χ0) is 13.0. The van der Waals surface area contributed by atoms with Gasteiger partial charge in [0.2, 0.25) is 5.91 Å². The van der Waals surface area contributed by atoms with Crippen LogP contribution in [-0.2, 0) is 9.53 Å². The number of hydrogen-bond donors (Lipinski definition) is 2. The van der Waals surface area contributed by atoms with E-state index in [2.05, 4.69) is 24.5 Å². The van der Waals surface area contributed by atoms with E-state index in [1.165, 1.54) is 0 Å². The van der Waals surface area contributed by atoms with Gasteiger partial charge in [-0.05, 0) is 58.5 Å². The third kappa shape index (κ3) is 4.25. The minimum atomic E-state index is -0.0923. The number of ether oxygens (including phenoxy) is 1. The van der Waals surface area contributed by atoms with E-state index in [-0.39, 0.29) is 11.5 Å². The molecule has 0 spiro atoms. The first kappa shape index (κ1) is 13.8. The third-order valence-electron chi connectivity index (χ3n) is 4.00. The molecular weight excluding hydrogens is 228 g/mol. The van der Waals surface area contributed by atoms with Crippen LogP contribution in [0.4, 0.5) is 0 Å². The van der Waals surface area contributed by atoms with Crippen molar-refractivity contribution in [3.63, 3.8) is 0 Å². The van der Waals surface area contributed by atoms with Gasteiger partial charge in [0.15, 0.2) is 0 Å². The number of carbonyl (C=O) groups excluding carboxylic acids is 1. The van der Waals surface area contributed by atoms with Gasteiger partial charge in [-0.1, -0.05) is 0 Å². The number of carbonyl (C=O) groups is 1. The molecule has 0 radical (unpaired) electrons. The summed E-state index contributed by atoms with van der Waals surface area (Å²) in [6.07, 6.45) is 4.82. The van der Waals surface area contributed by atoms with E-state index < -0.39 is 0 Å². The average molecular weight is 254 g/mol. The van der Waals surface area contributed by atoms with Crippen LogP contribution in [0.3, 0.4) is 0 Å². The monoisotopic (exact) mass is 254 g/mol. The van der Waals surface area contributed by atoms with Crippen LogP contribution >= 0.6 is 0 Å². The van der Waals surface area contributed by atoms with E-state index in [0.29, 0.717) is 18.4 Å². The van der Waals surface area contributed by atoms with Crippen LogP contribution in [0.1, 0.15) is 46.0 Å². The number of piperidine rings is 1. The van der Waals surface area contributed by atoms with Crippen LogP contribution in [0.25, 0.3) is 0 Å². The molecule has 0 aromatic carbocycles. The topological polar surface area (TPSA) is 50.4 Å². The molecule has 2 rings (SSSR count). The molecule has 4 nitrogen and oxygen atoms in total. The fourth-order valence-corrected chi connectivity index (χ4v) is 2.99. The Balaban J connectivity index is 1.73. The van der Waals surface area contributed by atoms with Gasteiger partial charge in [-0.15, -0.1) is 0 Å². The largest absolute Gasteiger partial charge is 0.375 e. The Kier molecular flexibility index (Phi) is 4.62. The van der Waals surface area contributed by atoms with Crippen molar-refractivity contribution in [2.45, 2.75) is 57.6 Å². The summed E-state index contributed by atoms with van der Waals surface area (Å²) in [5.74, 6) is 0.795. The van der Waals surface area contributed by atoms with Gasteiger partial charge in [0.1, 0.15) is 0 Å². The Morgan fingerprint density at radius 2 is 2.06 bits per heavy atom. The second kappa shape index (κ2) is 6.02. The summed E-state index contributed by atoms with van der Waals surface area (Å²) < 4.78 is 5.67. The second-order valence-electron chi connectivity index (χ2n) is 6.26. The number of amides is 1. The lowest BCUT2D eigenvalue weighted by molar-refractivity contribution is -0.125. The number of nitrogens with one attached hydrogen (secondary N) is 2. The molecule has 1 unspecified atom stereocenters. The number of rotatable bonds is 3. The Morgan fingerprint density at radius 3 is 2.72 bits per heavy atom. The molecule has 1 atom stereocenters. The lowest BCUT2D eigenvalue weighted by Crippen LogP contribution is -2.46. The highest BCUT2D eigenvalue weighted by Gasteiger charge is 2.30. The van der Waals surface area contributed by atoms with Crippen molar-refractivity contribution in [3.8, 4) is 0 Å². The maximum absolute atomic E-state index is 12.0. The van der Waals surface area contributed by atoms with Gasteiger partial charge in [-0.2, -0.15) is 0 Å². The van der Waals surface area contributed by atoms with Gasteiger partial charge in [0.25, 0.3) is 0 Å². The Labute approximate surface area is 110 Å². The Hall–Kier alpha value is -0.610. The van der Waals surface area contributed by atoms with E-state index in [1.807, 2.05) is 0 Å². The van der Waals surface area contributed by atoms with Crippen molar-refractivity contribution in [1.29, 1.82) is 0 Å². The predicted octanol–water partition coefficient (Wildman–Crippen LogP) is 1.45. The molecule has 0 aromatic heterocycles. The first-order valence-corrected chi connectivity index (χ1v) is 7.19. The predicted molar refractivity (Wildman–Crippen MR) is 71.4 cm³/mol. The molecule has 2 heterocycles. The van der Waals surface area contributed by atoms with Gasteiger partial charge < -0.3 is 15.4 Å². The Morgan fingerprint density at radius 1 is 1.33 bits per heavy atom. The molecular formula is C14H26N2O2. The highest BCUT2D eigenvalue weighted by atomic mass is 16.5. The maximum atomic E-state index is 12.0. The fourth-order valence-electron chi connectivity index (χ4n) is 2.99. The van der Waals surface area contributed by atoms with Crippen LogP contribution < -0.4 is 10.6 Å². The minimum Gasteiger partial charge on any atom is -0.375 e. The summed E-state index contributed by atoms with van der Waals surface area (Å²) >= 11 is 0. The molecule has 2 N–H and O–H groups in total. The van der Waals surface area contributed by atoms with Crippen LogP contribution in [0.5, 0.6) is 0 Å². The van der Waals surface area contributed by atoms with E-state index in [9.17, 15) is 4.79 Å². The van der Waals surface area contributed by atoms with Crippen LogP contribution in [0, 0.1) is 5.92 Å². The third-order valence-corrected chi connectivity index (χ3v) is 4.00. The Bertz CT molecular complexity index is 286. The second-order valence-corrected chi connectivity index (χ2v) is 6.26. The van der Waals surface area contributed by atoms with E-state index in [0.717, 1.165) is 45.4 Å². The summed E-state index contributed by atoms with van der Waals surface area (Å²) in [5.41, 5.74) is -0.0923. The molecule has 0 aliphatic carbocycles. The minimum absolute atomic E-state index is 0.0923. The summed E-state index contributed by atoms with van der Waals surface area (Å²) in [5, 5.41) is 6.51. The normalized spacial score (nSPS) is 28.9. The molecule has 2 aliphatic heterocycles. The standard InChI is InChI=1S/C14H26N2O2/c1-14(2)10-12(5-8-18-14)16-13(17)9-11-3-6-15-7-4-11/h11-12,15H,3-10H2,1-2H3,(H,16,17). The molecule has 104 valence electrons. The van der Waals surface area contributed by atoms with Gasteiger partial charge in [0, 0.05) is 19.1 Å². The first-order valence-electron chi connectivity index (χ1n) is 7.19. The highest BCUT2D eigenvalue weighted by Crippen LogP contribution is 2.24. The summed E-state index contributed by atoms with van der Waals surface area (Å²) in [4.78, 5) is 12.0. The van der Waals surface area contributed by atoms with Crippen molar-refractivity contribution >= 4 is 5.91 Å². The molecule has 0 saturated carbocycles. The molecule has 1 amide bonds. The van der Waals surface area contributed by atoms with Crippen LogP contribution in [0.15, 0.2) is 0 Å². The van der Waals surface area contributed by atoms with Gasteiger partial charge in [-0.25, -0.2) is 0 Å². The van der Waals surface area contributed by atoms with E-state index in [4.69, 9.17) is 4.74 Å². The van der Waals surface area contributed by atoms with E-state index >= 15 is 0 Å². The average Bonchev–Trinajstić information content (AvgIpc) is 2.28. The smallest absolute Gasteiger partial charge is 0.220 e. The molecule has 18 heavy (non-hydrogen) atoms. The zero-order valence-corrected chi connectivity index (χ0v) is 11.6. The first-order chi connectivity index (χ1) is 8.55. The van der Waals surface area contributed by atoms with Crippen LogP contribution in [-0.4, -0.2) is 37.2 Å². The van der Waals surface area contributed by atoms with Gasteiger partial charge in [-0.3, -0.25) is 4.79 Å².